The molecule has 0 saturated carbocycles. The number of nitrogens with zero attached hydrogens (tertiary/aromatic N) is 1. The fraction of sp³-hybridized carbons (Fsp3) is 0.600. The molecule has 1 unspecified atom stereocenters. The van der Waals surface area contributed by atoms with E-state index in [4.69, 9.17) is 26.8 Å². The normalized spacial score (nSPS) is 12.4. The van der Waals surface area contributed by atoms with E-state index < -0.39 is 0 Å². The first-order chi connectivity index (χ1) is 9.65. The fourth-order valence-electron chi connectivity index (χ4n) is 2.31. The minimum absolute atomic E-state index is 0.214. The van der Waals surface area contributed by atoms with Crippen LogP contribution in [0.1, 0.15) is 12.5 Å². The van der Waals surface area contributed by atoms with Crippen LogP contribution in [0, 0.1) is 0 Å². The van der Waals surface area contributed by atoms with Crippen LogP contribution in [0.25, 0.3) is 0 Å². The highest BCUT2D eigenvalue weighted by Gasteiger charge is 2.19. The Hall–Kier alpha value is -0.810. The Morgan fingerprint density at radius 1 is 1.30 bits per heavy atom. The summed E-state index contributed by atoms with van der Waals surface area (Å²) in [5.41, 5.74) is 7.91. The summed E-state index contributed by atoms with van der Waals surface area (Å²) >= 11 is 6.42. The Labute approximate surface area is 126 Å². The van der Waals surface area contributed by atoms with Gasteiger partial charge in [0.15, 0.2) is 0 Å². The van der Waals surface area contributed by atoms with Gasteiger partial charge in [-0.15, -0.1) is 0 Å². The van der Waals surface area contributed by atoms with Crippen LogP contribution in [0.15, 0.2) is 18.2 Å². The van der Waals surface area contributed by atoms with E-state index in [1.165, 1.54) is 5.56 Å². The van der Waals surface area contributed by atoms with E-state index >= 15 is 0 Å². The zero-order valence-corrected chi connectivity index (χ0v) is 13.3. The maximum atomic E-state index is 6.42. The van der Waals surface area contributed by atoms with Crippen LogP contribution in [-0.4, -0.2) is 46.6 Å². The summed E-state index contributed by atoms with van der Waals surface area (Å²) in [7, 11) is 3.41. The summed E-state index contributed by atoms with van der Waals surface area (Å²) in [6.45, 7) is 4.76. The van der Waals surface area contributed by atoms with Crippen molar-refractivity contribution in [3.63, 3.8) is 0 Å². The van der Waals surface area contributed by atoms with Crippen molar-refractivity contribution in [3.8, 4) is 0 Å². The van der Waals surface area contributed by atoms with Gasteiger partial charge in [0.1, 0.15) is 0 Å². The lowest BCUT2D eigenvalue weighted by Gasteiger charge is -2.33. The number of hydrogen-bond donors (Lipinski definition) is 1. The zero-order chi connectivity index (χ0) is 15.0. The highest BCUT2D eigenvalue weighted by molar-refractivity contribution is 6.33. The van der Waals surface area contributed by atoms with E-state index in [0.29, 0.717) is 19.8 Å². The number of nitrogens with two attached hydrogens (primary N) is 1. The van der Waals surface area contributed by atoms with Crippen molar-refractivity contribution in [1.82, 2.24) is 0 Å². The minimum atomic E-state index is 0.214. The molecule has 5 heteroatoms. The third-order valence-corrected chi connectivity index (χ3v) is 3.55. The Balaban J connectivity index is 3.10. The van der Waals surface area contributed by atoms with E-state index in [0.717, 1.165) is 23.7 Å². The molecule has 1 aromatic carbocycles. The van der Waals surface area contributed by atoms with Crippen molar-refractivity contribution in [1.29, 1.82) is 0 Å². The van der Waals surface area contributed by atoms with Crippen molar-refractivity contribution in [3.05, 3.63) is 28.8 Å². The maximum Gasteiger partial charge on any atom is 0.0663 e. The summed E-state index contributed by atoms with van der Waals surface area (Å²) in [5, 5.41) is 0.745. The number of benzene rings is 1. The predicted molar refractivity (Wildman–Crippen MR) is 84.8 cm³/mol. The molecule has 0 aliphatic carbocycles. The van der Waals surface area contributed by atoms with Gasteiger partial charge in [-0.1, -0.05) is 23.7 Å². The van der Waals surface area contributed by atoms with E-state index in [1.807, 2.05) is 12.1 Å². The van der Waals surface area contributed by atoms with Gasteiger partial charge in [-0.25, -0.2) is 0 Å². The van der Waals surface area contributed by atoms with Crippen LogP contribution in [0.4, 0.5) is 5.69 Å². The highest BCUT2D eigenvalue weighted by atomic mass is 35.5. The molecule has 1 atom stereocenters. The monoisotopic (exact) mass is 300 g/mol. The summed E-state index contributed by atoms with van der Waals surface area (Å²) in [6, 6.07) is 6.17. The number of rotatable bonds is 9. The molecule has 114 valence electrons. The first-order valence-corrected chi connectivity index (χ1v) is 7.25. The number of methoxy groups -OCH3 is 2. The predicted octanol–water partition coefficient (Wildman–Crippen LogP) is 2.33. The third-order valence-electron chi connectivity index (χ3n) is 3.25. The molecule has 1 rings (SSSR count). The number of anilines is 1. The van der Waals surface area contributed by atoms with Gasteiger partial charge >= 0.3 is 0 Å². The Kier molecular flexibility index (Phi) is 7.92. The lowest BCUT2D eigenvalue weighted by Crippen LogP contribution is -2.39. The second-order valence-electron chi connectivity index (χ2n) is 4.78. The molecule has 0 aromatic heterocycles. The average molecular weight is 301 g/mol. The smallest absolute Gasteiger partial charge is 0.0663 e. The molecule has 2 N–H and O–H groups in total. The number of hydrogen-bond acceptors (Lipinski definition) is 4. The summed E-state index contributed by atoms with van der Waals surface area (Å²) in [5.74, 6) is 0. The molecule has 0 fully saturated rings. The number of ether oxygens (including phenoxy) is 2. The van der Waals surface area contributed by atoms with Gasteiger partial charge in [0.2, 0.25) is 0 Å². The molecule has 0 bridgehead atoms. The largest absolute Gasteiger partial charge is 0.383 e. The van der Waals surface area contributed by atoms with Crippen LogP contribution < -0.4 is 10.6 Å². The quantitative estimate of drug-likeness (QED) is 0.760. The molecule has 0 aliphatic rings. The van der Waals surface area contributed by atoms with E-state index in [-0.39, 0.29) is 6.04 Å². The molecule has 1 aromatic rings. The lowest BCUT2D eigenvalue weighted by molar-refractivity contribution is 0.171. The van der Waals surface area contributed by atoms with Crippen molar-refractivity contribution in [2.75, 3.05) is 45.4 Å². The van der Waals surface area contributed by atoms with E-state index in [9.17, 15) is 0 Å². The van der Waals surface area contributed by atoms with E-state index in [1.54, 1.807) is 14.2 Å². The van der Waals surface area contributed by atoms with Crippen LogP contribution in [0.2, 0.25) is 5.02 Å². The molecule has 0 heterocycles. The molecular weight excluding hydrogens is 276 g/mol. The van der Waals surface area contributed by atoms with Gasteiger partial charge < -0.3 is 20.1 Å². The molecule has 0 amide bonds. The number of para-hydroxylation sites is 1. The Morgan fingerprint density at radius 2 is 2.05 bits per heavy atom. The van der Waals surface area contributed by atoms with Crippen molar-refractivity contribution >= 4 is 17.3 Å². The molecule has 20 heavy (non-hydrogen) atoms. The van der Waals surface area contributed by atoms with Crippen molar-refractivity contribution in [2.24, 2.45) is 5.73 Å². The third kappa shape index (κ3) is 4.63. The van der Waals surface area contributed by atoms with Gasteiger partial charge in [-0.3, -0.25) is 0 Å². The van der Waals surface area contributed by atoms with Crippen LogP contribution in [-0.2, 0) is 15.9 Å². The van der Waals surface area contributed by atoms with Crippen LogP contribution in [0.3, 0.4) is 0 Å². The Morgan fingerprint density at radius 3 is 2.65 bits per heavy atom. The van der Waals surface area contributed by atoms with Gasteiger partial charge in [0, 0.05) is 26.8 Å². The van der Waals surface area contributed by atoms with E-state index in [2.05, 4.69) is 17.9 Å². The first-order valence-electron chi connectivity index (χ1n) is 6.87. The number of halogens is 1. The minimum Gasteiger partial charge on any atom is -0.383 e. The fourth-order valence-corrected chi connectivity index (χ4v) is 2.61. The summed E-state index contributed by atoms with van der Waals surface area (Å²) < 4.78 is 10.5. The highest BCUT2D eigenvalue weighted by Crippen LogP contribution is 2.31. The van der Waals surface area contributed by atoms with Crippen molar-refractivity contribution in [2.45, 2.75) is 19.4 Å². The maximum absolute atomic E-state index is 6.42. The molecule has 0 radical (unpaired) electrons. The summed E-state index contributed by atoms with van der Waals surface area (Å²) in [4.78, 5) is 2.24. The van der Waals surface area contributed by atoms with Gasteiger partial charge in [0.05, 0.1) is 23.9 Å². The lowest BCUT2D eigenvalue weighted by atomic mass is 10.1. The Bertz CT molecular complexity index is 401. The first kappa shape index (κ1) is 17.2. The SMILES string of the molecule is COCCN(c1c(Cl)cccc1CCN)C(C)COC. The molecular formula is C15H25ClN2O2. The second-order valence-corrected chi connectivity index (χ2v) is 5.18. The van der Waals surface area contributed by atoms with Crippen molar-refractivity contribution < 1.29 is 9.47 Å². The van der Waals surface area contributed by atoms with Gasteiger partial charge in [-0.05, 0) is 31.5 Å². The standard InChI is InChI=1S/C15H25ClN2O2/c1-12(11-20-3)18(9-10-19-2)15-13(7-8-17)5-4-6-14(15)16/h4-6,12H,7-11,17H2,1-3H3. The average Bonchev–Trinajstić information content (AvgIpc) is 2.42. The van der Waals surface area contributed by atoms with Crippen LogP contribution in [0.5, 0.6) is 0 Å². The zero-order valence-electron chi connectivity index (χ0n) is 12.6. The molecule has 0 saturated heterocycles. The van der Waals surface area contributed by atoms with Crippen LogP contribution >= 0.6 is 11.6 Å². The van der Waals surface area contributed by atoms with Gasteiger partial charge in [-0.2, -0.15) is 0 Å². The topological polar surface area (TPSA) is 47.7 Å². The molecule has 0 spiro atoms. The molecule has 0 aliphatic heterocycles. The second kappa shape index (κ2) is 9.19. The molecule has 4 nitrogen and oxygen atoms in total. The van der Waals surface area contributed by atoms with Gasteiger partial charge in [0.25, 0.3) is 0 Å². The summed E-state index contributed by atoms with van der Waals surface area (Å²) in [6.07, 6.45) is 0.805.